The van der Waals surface area contributed by atoms with Crippen LogP contribution in [0.2, 0.25) is 5.02 Å². The monoisotopic (exact) mass is 454 g/mol. The normalized spacial score (nSPS) is 14.5. The number of hydrogen-bond acceptors (Lipinski definition) is 5. The Kier molecular flexibility index (Phi) is 7.06. The van der Waals surface area contributed by atoms with Crippen LogP contribution in [0.4, 0.5) is 10.1 Å². The van der Waals surface area contributed by atoms with Crippen molar-refractivity contribution in [1.29, 1.82) is 0 Å². The van der Waals surface area contributed by atoms with E-state index in [1.54, 1.807) is 0 Å². The Labute approximate surface area is 178 Å². The Balaban J connectivity index is 1.52. The lowest BCUT2D eigenvalue weighted by atomic mass is 10.1. The van der Waals surface area contributed by atoms with Crippen LogP contribution in [0.3, 0.4) is 0 Å². The number of rotatable bonds is 7. The van der Waals surface area contributed by atoms with Gasteiger partial charge in [-0.3, -0.25) is 9.59 Å². The highest BCUT2D eigenvalue weighted by Crippen LogP contribution is 2.22. The maximum Gasteiger partial charge on any atom is 0.310 e. The highest BCUT2D eigenvalue weighted by atomic mass is 35.5. The minimum absolute atomic E-state index is 0.000578. The third-order valence-corrected chi connectivity index (χ3v) is 6.85. The number of hydrogen-bond donors (Lipinski definition) is 1. The number of amides is 1. The third kappa shape index (κ3) is 5.35. The Bertz CT molecular complexity index is 1020. The Morgan fingerprint density at radius 1 is 1.10 bits per heavy atom. The van der Waals surface area contributed by atoms with Crippen LogP contribution in [-0.4, -0.2) is 44.3 Å². The molecule has 2 aromatic carbocycles. The van der Waals surface area contributed by atoms with Crippen LogP contribution in [0.15, 0.2) is 47.4 Å². The Morgan fingerprint density at radius 2 is 1.77 bits per heavy atom. The third-order valence-electron chi connectivity index (χ3n) is 4.59. The number of nitrogens with one attached hydrogen (secondary N) is 1. The second kappa shape index (κ2) is 9.55. The topological polar surface area (TPSA) is 92.8 Å². The number of sulfonamides is 1. The van der Waals surface area contributed by atoms with Crippen LogP contribution in [0, 0.1) is 5.82 Å². The summed E-state index contributed by atoms with van der Waals surface area (Å²) in [6, 6.07) is 9.79. The van der Waals surface area contributed by atoms with Gasteiger partial charge < -0.3 is 10.1 Å². The lowest BCUT2D eigenvalue weighted by molar-refractivity contribution is -0.146. The van der Waals surface area contributed by atoms with E-state index in [-0.39, 0.29) is 15.5 Å². The standard InChI is InChI=1S/C20H20ClFN2O5S/c21-17-4-3-5-18(22)16(17)12-20(26)29-13-19(25)23-14-6-8-15(9-7-14)30(27,28)24-10-1-2-11-24/h3-9H,1-2,10-13H2,(H,23,25). The molecule has 0 radical (unpaired) electrons. The van der Waals surface area contributed by atoms with Crippen LogP contribution in [-0.2, 0) is 30.8 Å². The highest BCUT2D eigenvalue weighted by molar-refractivity contribution is 7.89. The SMILES string of the molecule is O=C(COC(=O)Cc1c(F)cccc1Cl)Nc1ccc(S(=O)(=O)N2CCCC2)cc1. The summed E-state index contributed by atoms with van der Waals surface area (Å²) in [7, 11) is -3.53. The summed E-state index contributed by atoms with van der Waals surface area (Å²) in [4.78, 5) is 24.0. The first-order chi connectivity index (χ1) is 14.3. The predicted molar refractivity (Wildman–Crippen MR) is 109 cm³/mol. The van der Waals surface area contributed by atoms with Crippen LogP contribution < -0.4 is 5.32 Å². The van der Waals surface area contributed by atoms with Crippen molar-refractivity contribution in [2.24, 2.45) is 0 Å². The van der Waals surface area contributed by atoms with Gasteiger partial charge in [-0.1, -0.05) is 17.7 Å². The van der Waals surface area contributed by atoms with Crippen molar-refractivity contribution >= 4 is 39.2 Å². The quantitative estimate of drug-likeness (QED) is 0.649. The number of benzene rings is 2. The largest absolute Gasteiger partial charge is 0.455 e. The molecule has 2 aromatic rings. The maximum absolute atomic E-state index is 13.7. The van der Waals surface area contributed by atoms with Gasteiger partial charge in [0.05, 0.1) is 11.3 Å². The van der Waals surface area contributed by atoms with E-state index in [0.717, 1.165) is 12.8 Å². The molecule has 0 aliphatic carbocycles. The second-order valence-electron chi connectivity index (χ2n) is 6.72. The molecular weight excluding hydrogens is 435 g/mol. The smallest absolute Gasteiger partial charge is 0.310 e. The van der Waals surface area contributed by atoms with Gasteiger partial charge in [0.25, 0.3) is 5.91 Å². The van der Waals surface area contributed by atoms with Crippen LogP contribution in [0.25, 0.3) is 0 Å². The van der Waals surface area contributed by atoms with Crippen molar-refractivity contribution in [1.82, 2.24) is 4.31 Å². The summed E-state index contributed by atoms with van der Waals surface area (Å²) in [5.41, 5.74) is 0.355. The fraction of sp³-hybridized carbons (Fsp3) is 0.300. The van der Waals surface area contributed by atoms with Gasteiger partial charge in [-0.2, -0.15) is 4.31 Å². The van der Waals surface area contributed by atoms with Crippen molar-refractivity contribution in [2.75, 3.05) is 25.0 Å². The van der Waals surface area contributed by atoms with Crippen molar-refractivity contribution in [2.45, 2.75) is 24.2 Å². The first-order valence-electron chi connectivity index (χ1n) is 9.26. The highest BCUT2D eigenvalue weighted by Gasteiger charge is 2.27. The van der Waals surface area contributed by atoms with Gasteiger partial charge in [0.2, 0.25) is 10.0 Å². The molecule has 1 aliphatic heterocycles. The van der Waals surface area contributed by atoms with E-state index in [2.05, 4.69) is 5.32 Å². The molecule has 1 fully saturated rings. The summed E-state index contributed by atoms with van der Waals surface area (Å²) >= 11 is 5.86. The van der Waals surface area contributed by atoms with E-state index in [9.17, 15) is 22.4 Å². The molecule has 0 spiro atoms. The van der Waals surface area contributed by atoms with Crippen molar-refractivity contribution in [3.8, 4) is 0 Å². The van der Waals surface area contributed by atoms with Gasteiger partial charge in [0, 0.05) is 29.4 Å². The number of nitrogens with zero attached hydrogens (tertiary/aromatic N) is 1. The molecule has 3 rings (SSSR count). The number of halogens is 2. The minimum Gasteiger partial charge on any atom is -0.455 e. The zero-order valence-corrected chi connectivity index (χ0v) is 17.5. The molecule has 1 heterocycles. The van der Waals surface area contributed by atoms with Gasteiger partial charge in [0.1, 0.15) is 5.82 Å². The number of ether oxygens (including phenoxy) is 1. The molecule has 10 heteroatoms. The molecule has 0 saturated carbocycles. The summed E-state index contributed by atoms with van der Waals surface area (Å²) in [6.45, 7) is 0.438. The fourth-order valence-corrected chi connectivity index (χ4v) is 4.77. The summed E-state index contributed by atoms with van der Waals surface area (Å²) in [6.07, 6.45) is 1.28. The molecule has 160 valence electrons. The molecule has 0 unspecified atom stereocenters. The first kappa shape index (κ1) is 22.2. The van der Waals surface area contributed by atoms with E-state index in [4.69, 9.17) is 16.3 Å². The number of carbonyl (C=O) groups is 2. The summed E-state index contributed by atoms with van der Waals surface area (Å²) < 4.78 is 45.0. The zero-order chi connectivity index (χ0) is 21.7. The molecule has 1 saturated heterocycles. The van der Waals surface area contributed by atoms with Crippen molar-refractivity contribution in [3.05, 3.63) is 58.9 Å². The molecule has 1 aliphatic rings. The molecule has 0 aromatic heterocycles. The van der Waals surface area contributed by atoms with E-state index in [1.807, 2.05) is 0 Å². The number of esters is 1. The van der Waals surface area contributed by atoms with E-state index >= 15 is 0 Å². The van der Waals surface area contributed by atoms with Crippen LogP contribution in [0.1, 0.15) is 18.4 Å². The second-order valence-corrected chi connectivity index (χ2v) is 9.07. The maximum atomic E-state index is 13.7. The molecule has 1 amide bonds. The Hall–Kier alpha value is -2.49. The summed E-state index contributed by atoms with van der Waals surface area (Å²) in [5.74, 6) is -2.05. The summed E-state index contributed by atoms with van der Waals surface area (Å²) in [5, 5.41) is 2.60. The number of anilines is 1. The molecule has 30 heavy (non-hydrogen) atoms. The van der Waals surface area contributed by atoms with E-state index < -0.39 is 40.7 Å². The lowest BCUT2D eigenvalue weighted by Crippen LogP contribution is -2.27. The number of carbonyl (C=O) groups excluding carboxylic acids is 2. The average Bonchev–Trinajstić information content (AvgIpc) is 3.26. The van der Waals surface area contributed by atoms with Crippen molar-refractivity contribution < 1.29 is 27.1 Å². The average molecular weight is 455 g/mol. The van der Waals surface area contributed by atoms with Gasteiger partial charge in [0.15, 0.2) is 6.61 Å². The molecule has 7 nitrogen and oxygen atoms in total. The Morgan fingerprint density at radius 3 is 2.40 bits per heavy atom. The van der Waals surface area contributed by atoms with Gasteiger partial charge in [-0.25, -0.2) is 12.8 Å². The lowest BCUT2D eigenvalue weighted by Gasteiger charge is -2.15. The zero-order valence-electron chi connectivity index (χ0n) is 15.9. The van der Waals surface area contributed by atoms with Crippen LogP contribution >= 0.6 is 11.6 Å². The molecular formula is C20H20ClFN2O5S. The fourth-order valence-electron chi connectivity index (χ4n) is 3.03. The van der Waals surface area contributed by atoms with E-state index in [0.29, 0.717) is 18.8 Å². The van der Waals surface area contributed by atoms with Crippen LogP contribution in [0.5, 0.6) is 0 Å². The first-order valence-corrected chi connectivity index (χ1v) is 11.1. The molecule has 1 N–H and O–H groups in total. The van der Waals surface area contributed by atoms with Crippen molar-refractivity contribution in [3.63, 3.8) is 0 Å². The minimum atomic E-state index is -3.53. The predicted octanol–water partition coefficient (Wildman–Crippen LogP) is 2.99. The molecule has 0 bridgehead atoms. The molecule has 0 atom stereocenters. The van der Waals surface area contributed by atoms with Gasteiger partial charge in [-0.15, -0.1) is 0 Å². The van der Waals surface area contributed by atoms with Gasteiger partial charge >= 0.3 is 5.97 Å². The van der Waals surface area contributed by atoms with Gasteiger partial charge in [-0.05, 0) is 49.2 Å². The van der Waals surface area contributed by atoms with E-state index in [1.165, 1.54) is 46.8 Å².